The normalized spacial score (nSPS) is 11.6. The number of rotatable bonds is 6. The molecule has 9 nitrogen and oxygen atoms in total. The summed E-state index contributed by atoms with van der Waals surface area (Å²) in [6.07, 6.45) is 0. The number of hydrogen-bond donors (Lipinski definition) is 1. The van der Waals surface area contributed by atoms with Gasteiger partial charge in [-0.25, -0.2) is 0 Å². The SMILES string of the molecule is CCN(C)C(=O)C(C)Nc1ccc([N+](=O)[O-])cc1[N+](=O)[O-]. The minimum Gasteiger partial charge on any atom is -0.368 e. The van der Waals surface area contributed by atoms with Gasteiger partial charge in [0.15, 0.2) is 0 Å². The zero-order valence-corrected chi connectivity index (χ0v) is 11.9. The minimum atomic E-state index is -0.726. The first-order chi connectivity index (χ1) is 9.77. The molecule has 0 fully saturated rings. The van der Waals surface area contributed by atoms with E-state index in [4.69, 9.17) is 0 Å². The smallest absolute Gasteiger partial charge is 0.299 e. The van der Waals surface area contributed by atoms with Gasteiger partial charge in [0.25, 0.3) is 11.4 Å². The molecule has 0 spiro atoms. The predicted molar refractivity (Wildman–Crippen MR) is 76.1 cm³/mol. The highest BCUT2D eigenvalue weighted by atomic mass is 16.6. The summed E-state index contributed by atoms with van der Waals surface area (Å²) in [5.41, 5.74) is -0.754. The monoisotopic (exact) mass is 296 g/mol. The van der Waals surface area contributed by atoms with Crippen molar-refractivity contribution in [3.05, 3.63) is 38.4 Å². The minimum absolute atomic E-state index is 0.0657. The molecular formula is C12H16N4O5. The molecule has 0 aliphatic carbocycles. The number of carbonyl (C=O) groups excluding carboxylic acids is 1. The molecule has 0 bridgehead atoms. The van der Waals surface area contributed by atoms with Crippen LogP contribution in [0.2, 0.25) is 0 Å². The number of hydrogen-bond acceptors (Lipinski definition) is 6. The molecule has 0 aliphatic rings. The maximum Gasteiger partial charge on any atom is 0.299 e. The van der Waals surface area contributed by atoms with Crippen LogP contribution in [0.5, 0.6) is 0 Å². The largest absolute Gasteiger partial charge is 0.368 e. The quantitative estimate of drug-likeness (QED) is 0.631. The molecule has 1 amide bonds. The molecule has 1 unspecified atom stereocenters. The Bertz CT molecular complexity index is 575. The van der Waals surface area contributed by atoms with Gasteiger partial charge < -0.3 is 10.2 Å². The molecule has 21 heavy (non-hydrogen) atoms. The number of carbonyl (C=O) groups is 1. The zero-order valence-electron chi connectivity index (χ0n) is 11.9. The van der Waals surface area contributed by atoms with E-state index < -0.39 is 21.6 Å². The lowest BCUT2D eigenvalue weighted by Gasteiger charge is -2.21. The number of anilines is 1. The summed E-state index contributed by atoms with van der Waals surface area (Å²) in [6, 6.07) is 2.56. The number of nitro groups is 2. The van der Waals surface area contributed by atoms with Crippen LogP contribution in [0.3, 0.4) is 0 Å². The van der Waals surface area contributed by atoms with Crippen LogP contribution >= 0.6 is 0 Å². The highest BCUT2D eigenvalue weighted by molar-refractivity contribution is 5.85. The lowest BCUT2D eigenvalue weighted by molar-refractivity contribution is -0.393. The zero-order chi connectivity index (χ0) is 16.2. The van der Waals surface area contributed by atoms with E-state index in [0.29, 0.717) is 6.54 Å². The van der Waals surface area contributed by atoms with Crippen molar-refractivity contribution < 1.29 is 14.6 Å². The molecular weight excluding hydrogens is 280 g/mol. The summed E-state index contributed by atoms with van der Waals surface area (Å²) in [7, 11) is 1.62. The maximum atomic E-state index is 11.9. The van der Waals surface area contributed by atoms with E-state index in [1.54, 1.807) is 20.9 Å². The first-order valence-electron chi connectivity index (χ1n) is 6.22. The van der Waals surface area contributed by atoms with Gasteiger partial charge in [-0.3, -0.25) is 25.0 Å². The summed E-state index contributed by atoms with van der Waals surface area (Å²) in [5, 5.41) is 24.4. The number of amides is 1. The first kappa shape index (κ1) is 16.3. The van der Waals surface area contributed by atoms with Gasteiger partial charge in [0, 0.05) is 19.7 Å². The van der Waals surface area contributed by atoms with Crippen molar-refractivity contribution in [1.82, 2.24) is 4.90 Å². The van der Waals surface area contributed by atoms with Crippen LogP contribution in [0.25, 0.3) is 0 Å². The number of non-ortho nitro benzene ring substituents is 1. The van der Waals surface area contributed by atoms with E-state index in [2.05, 4.69) is 5.32 Å². The molecule has 0 saturated carbocycles. The summed E-state index contributed by atoms with van der Waals surface area (Å²) in [5.74, 6) is -0.231. The second kappa shape index (κ2) is 6.64. The van der Waals surface area contributed by atoms with Crippen molar-refractivity contribution in [2.45, 2.75) is 19.9 Å². The van der Waals surface area contributed by atoms with E-state index in [1.165, 1.54) is 11.0 Å². The van der Waals surface area contributed by atoms with E-state index in [0.717, 1.165) is 12.1 Å². The van der Waals surface area contributed by atoms with E-state index in [9.17, 15) is 25.0 Å². The fraction of sp³-hybridized carbons (Fsp3) is 0.417. The molecule has 0 aromatic heterocycles. The molecule has 1 aromatic rings. The van der Waals surface area contributed by atoms with Gasteiger partial charge in [0.05, 0.1) is 15.9 Å². The Labute approximate surface area is 120 Å². The third-order valence-corrected chi connectivity index (χ3v) is 2.98. The van der Waals surface area contributed by atoms with Gasteiger partial charge in [-0.05, 0) is 19.9 Å². The van der Waals surface area contributed by atoms with Crippen molar-refractivity contribution in [2.75, 3.05) is 18.9 Å². The van der Waals surface area contributed by atoms with E-state index >= 15 is 0 Å². The van der Waals surface area contributed by atoms with Crippen LogP contribution < -0.4 is 5.32 Å². The molecule has 1 N–H and O–H groups in total. The van der Waals surface area contributed by atoms with Crippen LogP contribution in [-0.2, 0) is 4.79 Å². The van der Waals surface area contributed by atoms with Crippen LogP contribution in [0, 0.1) is 20.2 Å². The van der Waals surface area contributed by atoms with Crippen LogP contribution in [0.1, 0.15) is 13.8 Å². The second-order valence-corrected chi connectivity index (χ2v) is 4.43. The fourth-order valence-electron chi connectivity index (χ4n) is 1.69. The van der Waals surface area contributed by atoms with E-state index in [1.807, 2.05) is 0 Å². The Morgan fingerprint density at radius 3 is 2.43 bits per heavy atom. The predicted octanol–water partition coefficient (Wildman–Crippen LogP) is 1.78. The molecule has 0 heterocycles. The number of nitrogens with zero attached hydrogens (tertiary/aromatic N) is 3. The number of likely N-dealkylation sites (N-methyl/N-ethyl adjacent to an activating group) is 1. The molecule has 114 valence electrons. The highest BCUT2D eigenvalue weighted by Crippen LogP contribution is 2.29. The van der Waals surface area contributed by atoms with Crippen molar-refractivity contribution in [2.24, 2.45) is 0 Å². The second-order valence-electron chi connectivity index (χ2n) is 4.43. The lowest BCUT2D eigenvalue weighted by Crippen LogP contribution is -2.38. The van der Waals surface area contributed by atoms with Crippen molar-refractivity contribution in [3.8, 4) is 0 Å². The van der Waals surface area contributed by atoms with Gasteiger partial charge in [-0.1, -0.05) is 0 Å². The molecule has 1 aromatic carbocycles. The van der Waals surface area contributed by atoms with Gasteiger partial charge in [0.2, 0.25) is 5.91 Å². The standard InChI is InChI=1S/C12H16N4O5/c1-4-14(3)12(17)8(2)13-10-6-5-9(15(18)19)7-11(10)16(20)21/h5-8,13H,4H2,1-3H3. The van der Waals surface area contributed by atoms with Crippen LogP contribution in [0.4, 0.5) is 17.1 Å². The number of nitrogens with one attached hydrogen (secondary N) is 1. The molecule has 9 heteroatoms. The average molecular weight is 296 g/mol. The third kappa shape index (κ3) is 3.88. The van der Waals surface area contributed by atoms with Crippen molar-refractivity contribution in [1.29, 1.82) is 0 Å². The Kier molecular flexibility index (Phi) is 5.17. The Morgan fingerprint density at radius 2 is 1.95 bits per heavy atom. The van der Waals surface area contributed by atoms with Gasteiger partial charge in [0.1, 0.15) is 11.7 Å². The molecule has 1 atom stereocenters. The first-order valence-corrected chi connectivity index (χ1v) is 6.22. The summed E-state index contributed by atoms with van der Waals surface area (Å²) in [6.45, 7) is 3.88. The number of nitro benzene ring substituents is 2. The van der Waals surface area contributed by atoms with Crippen LogP contribution in [-0.4, -0.2) is 40.3 Å². The molecule has 1 rings (SSSR count). The van der Waals surface area contributed by atoms with Gasteiger partial charge in [-0.2, -0.15) is 0 Å². The molecule has 0 aliphatic heterocycles. The maximum absolute atomic E-state index is 11.9. The molecule has 0 saturated heterocycles. The lowest BCUT2D eigenvalue weighted by atomic mass is 10.2. The topological polar surface area (TPSA) is 119 Å². The van der Waals surface area contributed by atoms with Crippen molar-refractivity contribution >= 4 is 23.0 Å². The van der Waals surface area contributed by atoms with Gasteiger partial charge >= 0.3 is 0 Å². The summed E-state index contributed by atoms with van der Waals surface area (Å²) < 4.78 is 0. The highest BCUT2D eigenvalue weighted by Gasteiger charge is 2.23. The third-order valence-electron chi connectivity index (χ3n) is 2.98. The Balaban J connectivity index is 3.05. The van der Waals surface area contributed by atoms with E-state index in [-0.39, 0.29) is 17.3 Å². The Hall–Kier alpha value is -2.71. The van der Waals surface area contributed by atoms with Crippen LogP contribution in [0.15, 0.2) is 18.2 Å². The fourth-order valence-corrected chi connectivity index (χ4v) is 1.69. The number of benzene rings is 1. The Morgan fingerprint density at radius 1 is 1.33 bits per heavy atom. The van der Waals surface area contributed by atoms with Gasteiger partial charge in [-0.15, -0.1) is 0 Å². The average Bonchev–Trinajstić information content (AvgIpc) is 2.45. The molecule has 0 radical (unpaired) electrons. The summed E-state index contributed by atoms with van der Waals surface area (Å²) in [4.78, 5) is 33.6. The van der Waals surface area contributed by atoms with Crippen molar-refractivity contribution in [3.63, 3.8) is 0 Å². The summed E-state index contributed by atoms with van der Waals surface area (Å²) >= 11 is 0.